The standard InChI is InChI=1S/C42H56P2/c1-2-3-4-5-6-7-8-9-10-11-12-13-18-27-38(36-43(39-28-19-14-20-29-39)40-30-21-15-22-31-40)37-44(41-32-23-16-24-33-41)42-34-25-17-26-35-42/h14-17,19-26,28-35,38H,2-13,18,27,36-37H2,1H3. The molecular weight excluding hydrogens is 566 g/mol. The fraction of sp³-hybridized carbons (Fsp3) is 0.429. The average molecular weight is 623 g/mol. The van der Waals surface area contributed by atoms with Crippen molar-refractivity contribution in [3.8, 4) is 0 Å². The van der Waals surface area contributed by atoms with Crippen LogP contribution in [0.5, 0.6) is 0 Å². The zero-order valence-corrected chi connectivity index (χ0v) is 29.1. The first-order chi connectivity index (χ1) is 21.8. The summed E-state index contributed by atoms with van der Waals surface area (Å²) in [5, 5.41) is 6.08. The SMILES string of the molecule is CCCCCCCCCCCCCCCC(CP(c1ccccc1)c1ccccc1)CP(c1ccccc1)c1ccccc1. The van der Waals surface area contributed by atoms with Gasteiger partial charge in [-0.1, -0.05) is 212 Å². The highest BCUT2D eigenvalue weighted by Gasteiger charge is 2.24. The Balaban J connectivity index is 1.39. The fourth-order valence-corrected chi connectivity index (χ4v) is 11.8. The summed E-state index contributed by atoms with van der Waals surface area (Å²) in [6.07, 6.45) is 22.3. The van der Waals surface area contributed by atoms with Gasteiger partial charge >= 0.3 is 0 Å². The maximum absolute atomic E-state index is 2.37. The lowest BCUT2D eigenvalue weighted by Gasteiger charge is -2.29. The summed E-state index contributed by atoms with van der Waals surface area (Å²) in [5.74, 6) is 0.709. The van der Waals surface area contributed by atoms with Crippen LogP contribution in [0.15, 0.2) is 121 Å². The van der Waals surface area contributed by atoms with Gasteiger partial charge in [-0.05, 0) is 61.7 Å². The van der Waals surface area contributed by atoms with Crippen LogP contribution < -0.4 is 21.2 Å². The molecule has 4 aromatic rings. The first kappa shape index (κ1) is 34.6. The molecule has 0 aliphatic heterocycles. The number of hydrogen-bond donors (Lipinski definition) is 0. The van der Waals surface area contributed by atoms with Crippen molar-refractivity contribution in [3.05, 3.63) is 121 Å². The third-order valence-electron chi connectivity index (χ3n) is 8.87. The maximum atomic E-state index is 2.37. The highest BCUT2D eigenvalue weighted by Crippen LogP contribution is 2.43. The van der Waals surface area contributed by atoms with Gasteiger partial charge in [0.15, 0.2) is 0 Å². The van der Waals surface area contributed by atoms with Crippen molar-refractivity contribution in [3.63, 3.8) is 0 Å². The molecule has 0 atom stereocenters. The zero-order chi connectivity index (χ0) is 30.5. The molecule has 234 valence electrons. The van der Waals surface area contributed by atoms with Crippen molar-refractivity contribution in [2.75, 3.05) is 12.3 Å². The third-order valence-corrected chi connectivity index (χ3v) is 14.3. The van der Waals surface area contributed by atoms with E-state index in [-0.39, 0.29) is 15.8 Å². The van der Waals surface area contributed by atoms with Crippen LogP contribution in [0.25, 0.3) is 0 Å². The second-order valence-corrected chi connectivity index (χ2v) is 17.0. The van der Waals surface area contributed by atoms with E-state index >= 15 is 0 Å². The highest BCUT2D eigenvalue weighted by molar-refractivity contribution is 7.74. The van der Waals surface area contributed by atoms with Crippen LogP contribution >= 0.6 is 15.8 Å². The van der Waals surface area contributed by atoms with E-state index in [0.717, 1.165) is 0 Å². The molecule has 0 aliphatic carbocycles. The lowest BCUT2D eigenvalue weighted by molar-refractivity contribution is 0.508. The number of benzene rings is 4. The number of hydrogen-bond acceptors (Lipinski definition) is 0. The Kier molecular flexibility index (Phi) is 16.9. The molecule has 0 aliphatic rings. The normalized spacial score (nSPS) is 11.5. The van der Waals surface area contributed by atoms with Crippen molar-refractivity contribution < 1.29 is 0 Å². The monoisotopic (exact) mass is 622 g/mol. The van der Waals surface area contributed by atoms with Crippen LogP contribution in [0.1, 0.15) is 96.8 Å². The molecule has 0 fully saturated rings. The van der Waals surface area contributed by atoms with Crippen LogP contribution in [0.3, 0.4) is 0 Å². The van der Waals surface area contributed by atoms with Gasteiger partial charge in [0.05, 0.1) is 0 Å². The first-order valence-corrected chi connectivity index (χ1v) is 20.7. The van der Waals surface area contributed by atoms with Crippen LogP contribution in [-0.4, -0.2) is 12.3 Å². The second kappa shape index (κ2) is 21.5. The van der Waals surface area contributed by atoms with Crippen molar-refractivity contribution in [2.24, 2.45) is 5.92 Å². The quantitative estimate of drug-likeness (QED) is 0.0604. The molecule has 2 heteroatoms. The van der Waals surface area contributed by atoms with E-state index in [9.17, 15) is 0 Å². The van der Waals surface area contributed by atoms with Gasteiger partial charge in [-0.3, -0.25) is 0 Å². The van der Waals surface area contributed by atoms with Gasteiger partial charge in [-0.2, -0.15) is 0 Å². The summed E-state index contributed by atoms with van der Waals surface area (Å²) in [7, 11) is -0.780. The summed E-state index contributed by atoms with van der Waals surface area (Å²) >= 11 is 0. The molecule has 4 rings (SSSR count). The molecule has 0 nitrogen and oxygen atoms in total. The van der Waals surface area contributed by atoms with Gasteiger partial charge in [0, 0.05) is 0 Å². The lowest BCUT2D eigenvalue weighted by atomic mass is 10.0. The molecule has 0 bridgehead atoms. The first-order valence-electron chi connectivity index (χ1n) is 17.6. The molecule has 0 amide bonds. The van der Waals surface area contributed by atoms with E-state index < -0.39 is 0 Å². The van der Waals surface area contributed by atoms with Gasteiger partial charge in [0.2, 0.25) is 0 Å². The molecular formula is C42H56P2. The predicted molar refractivity (Wildman–Crippen MR) is 202 cm³/mol. The number of unbranched alkanes of at least 4 members (excludes halogenated alkanes) is 12. The molecule has 4 aromatic carbocycles. The molecule has 0 aromatic heterocycles. The summed E-state index contributed by atoms with van der Waals surface area (Å²) in [6.45, 7) is 2.31. The van der Waals surface area contributed by atoms with Gasteiger partial charge in [0.1, 0.15) is 0 Å². The van der Waals surface area contributed by atoms with Gasteiger partial charge in [0.25, 0.3) is 0 Å². The van der Waals surface area contributed by atoms with Crippen molar-refractivity contribution in [1.29, 1.82) is 0 Å². The Morgan fingerprint density at radius 3 is 0.932 bits per heavy atom. The maximum Gasteiger partial charge on any atom is -0.0195 e. The van der Waals surface area contributed by atoms with Gasteiger partial charge in [-0.25, -0.2) is 0 Å². The van der Waals surface area contributed by atoms with E-state index in [1.165, 1.54) is 123 Å². The average Bonchev–Trinajstić information content (AvgIpc) is 3.09. The minimum Gasteiger partial charge on any atom is -0.0654 e. The van der Waals surface area contributed by atoms with E-state index in [4.69, 9.17) is 0 Å². The van der Waals surface area contributed by atoms with Crippen molar-refractivity contribution >= 4 is 37.1 Å². The van der Waals surface area contributed by atoms with E-state index in [2.05, 4.69) is 128 Å². The predicted octanol–water partition coefficient (Wildman–Crippen LogP) is 11.3. The Hall–Kier alpha value is -2.26. The van der Waals surface area contributed by atoms with E-state index in [0.29, 0.717) is 5.92 Å². The largest absolute Gasteiger partial charge is 0.0654 e. The molecule has 0 unspecified atom stereocenters. The molecule has 44 heavy (non-hydrogen) atoms. The minimum atomic E-state index is -0.390. The second-order valence-electron chi connectivity index (χ2n) is 12.5. The van der Waals surface area contributed by atoms with Gasteiger partial charge in [-0.15, -0.1) is 0 Å². The summed E-state index contributed by atoms with van der Waals surface area (Å²) < 4.78 is 0. The topological polar surface area (TPSA) is 0 Å². The third kappa shape index (κ3) is 12.6. The summed E-state index contributed by atoms with van der Waals surface area (Å²) in [4.78, 5) is 0. The van der Waals surface area contributed by atoms with Crippen LogP contribution in [0.4, 0.5) is 0 Å². The Labute approximate surface area is 272 Å². The Bertz CT molecular complexity index is 1060. The molecule has 0 N–H and O–H groups in total. The summed E-state index contributed by atoms with van der Waals surface area (Å²) in [6, 6.07) is 45.5. The molecule has 0 saturated carbocycles. The molecule has 0 saturated heterocycles. The number of rotatable bonds is 22. The Morgan fingerprint density at radius 1 is 0.364 bits per heavy atom. The van der Waals surface area contributed by atoms with Crippen molar-refractivity contribution in [2.45, 2.75) is 96.8 Å². The molecule has 0 spiro atoms. The smallest absolute Gasteiger partial charge is 0.0195 e. The highest BCUT2D eigenvalue weighted by atomic mass is 31.1. The summed E-state index contributed by atoms with van der Waals surface area (Å²) in [5.41, 5.74) is 0. The zero-order valence-electron chi connectivity index (χ0n) is 27.3. The van der Waals surface area contributed by atoms with Gasteiger partial charge < -0.3 is 0 Å². The van der Waals surface area contributed by atoms with E-state index in [1.54, 1.807) is 0 Å². The Morgan fingerprint density at radius 2 is 0.636 bits per heavy atom. The molecule has 0 radical (unpaired) electrons. The fourth-order valence-electron chi connectivity index (χ4n) is 6.36. The van der Waals surface area contributed by atoms with Crippen LogP contribution in [0.2, 0.25) is 0 Å². The van der Waals surface area contributed by atoms with Crippen molar-refractivity contribution in [1.82, 2.24) is 0 Å². The minimum absolute atomic E-state index is 0.390. The van der Waals surface area contributed by atoms with E-state index in [1.807, 2.05) is 0 Å². The van der Waals surface area contributed by atoms with Crippen LogP contribution in [0, 0.1) is 5.92 Å². The molecule has 0 heterocycles. The lowest BCUT2D eigenvalue weighted by Crippen LogP contribution is -2.24. The van der Waals surface area contributed by atoms with Crippen LogP contribution in [-0.2, 0) is 0 Å².